The molecule has 1 atom stereocenters. The normalized spacial score (nSPS) is 19.6. The van der Waals surface area contributed by atoms with E-state index in [2.05, 4.69) is 5.32 Å². The summed E-state index contributed by atoms with van der Waals surface area (Å²) in [6.45, 7) is 0.914. The number of hydrogen-bond donors (Lipinski definition) is 2. The van der Waals surface area contributed by atoms with Crippen molar-refractivity contribution in [1.29, 1.82) is 0 Å². The van der Waals surface area contributed by atoms with Crippen molar-refractivity contribution < 1.29 is 9.53 Å². The number of nitrogens with two attached hydrogens (primary N) is 1. The number of rotatable bonds is 4. The molecule has 0 amide bonds. The summed E-state index contributed by atoms with van der Waals surface area (Å²) in [5.41, 5.74) is 8.77. The highest BCUT2D eigenvalue weighted by atomic mass is 16.5. The molecule has 1 aliphatic rings. The Labute approximate surface area is 129 Å². The molecule has 0 bridgehead atoms. The molecule has 22 heavy (non-hydrogen) atoms. The average Bonchev–Trinajstić information content (AvgIpc) is 2.96. The van der Waals surface area contributed by atoms with Crippen LogP contribution in [0.1, 0.15) is 17.0 Å². The van der Waals surface area contributed by atoms with Gasteiger partial charge in [0.2, 0.25) is 0 Å². The minimum absolute atomic E-state index is 0.114. The van der Waals surface area contributed by atoms with Crippen LogP contribution in [0, 0.1) is 0 Å². The van der Waals surface area contributed by atoms with E-state index in [1.165, 1.54) is 0 Å². The van der Waals surface area contributed by atoms with Crippen molar-refractivity contribution in [3.63, 3.8) is 0 Å². The molecule has 0 aliphatic carbocycles. The number of carbonyl (C=O) groups excluding carboxylic acids is 1. The maximum Gasteiger partial charge on any atom is 0.338 e. The Morgan fingerprint density at radius 3 is 2.41 bits per heavy atom. The minimum Gasteiger partial charge on any atom is -0.461 e. The lowest BCUT2D eigenvalue weighted by Gasteiger charge is -2.13. The molecule has 1 heterocycles. The Morgan fingerprint density at radius 1 is 1.09 bits per heavy atom. The molecule has 1 saturated heterocycles. The molecule has 3 N–H and O–H groups in total. The van der Waals surface area contributed by atoms with E-state index in [-0.39, 0.29) is 11.9 Å². The van der Waals surface area contributed by atoms with Crippen LogP contribution in [-0.4, -0.2) is 12.6 Å². The number of hydrogen-bond acceptors (Lipinski definition) is 4. The first-order valence-corrected chi connectivity index (χ1v) is 7.25. The Balaban J connectivity index is 1.81. The van der Waals surface area contributed by atoms with Crippen LogP contribution in [0.15, 0.2) is 72.1 Å². The van der Waals surface area contributed by atoms with Crippen molar-refractivity contribution in [2.75, 3.05) is 6.61 Å². The van der Waals surface area contributed by atoms with Crippen molar-refractivity contribution in [2.45, 2.75) is 12.5 Å². The van der Waals surface area contributed by atoms with E-state index in [1.54, 1.807) is 0 Å². The summed E-state index contributed by atoms with van der Waals surface area (Å²) in [6.07, 6.45) is 0. The number of carbonyl (C=O) groups is 1. The van der Waals surface area contributed by atoms with Crippen molar-refractivity contribution in [2.24, 2.45) is 5.73 Å². The molecule has 1 aliphatic heterocycles. The van der Waals surface area contributed by atoms with Crippen molar-refractivity contribution in [1.82, 2.24) is 5.32 Å². The van der Waals surface area contributed by atoms with Crippen molar-refractivity contribution in [3.8, 4) is 0 Å². The van der Waals surface area contributed by atoms with E-state index in [0.29, 0.717) is 24.5 Å². The quantitative estimate of drug-likeness (QED) is 0.671. The van der Waals surface area contributed by atoms with Crippen LogP contribution >= 0.6 is 0 Å². The van der Waals surface area contributed by atoms with Crippen LogP contribution in [0.3, 0.4) is 0 Å². The fraction of sp³-hybridized carbons (Fsp3) is 0.167. The molecule has 1 fully saturated rings. The van der Waals surface area contributed by atoms with Gasteiger partial charge in [0.25, 0.3) is 0 Å². The molecule has 0 aromatic heterocycles. The summed E-state index contributed by atoms with van der Waals surface area (Å²) in [5.74, 6) is -0.0657. The lowest BCUT2D eigenvalue weighted by atomic mass is 9.93. The van der Waals surface area contributed by atoms with Crippen LogP contribution in [0.25, 0.3) is 0 Å². The number of esters is 1. The van der Waals surface area contributed by atoms with Gasteiger partial charge in [0.05, 0.1) is 11.5 Å². The van der Waals surface area contributed by atoms with Gasteiger partial charge in [-0.2, -0.15) is 0 Å². The highest BCUT2D eigenvalue weighted by molar-refractivity contribution is 5.93. The number of benzene rings is 2. The first-order valence-electron chi connectivity index (χ1n) is 7.25. The van der Waals surface area contributed by atoms with E-state index in [9.17, 15) is 4.79 Å². The minimum atomic E-state index is -0.341. The summed E-state index contributed by atoms with van der Waals surface area (Å²) in [5, 5.41) is 3.13. The highest BCUT2D eigenvalue weighted by Gasteiger charge is 2.34. The SMILES string of the molecule is N/C(NCc1ccccc1)=C1/C(=O)OCC1c1ccccc1. The van der Waals surface area contributed by atoms with Gasteiger partial charge in [-0.05, 0) is 11.1 Å². The van der Waals surface area contributed by atoms with Gasteiger partial charge in [-0.25, -0.2) is 4.79 Å². The number of cyclic esters (lactones) is 1. The molecule has 2 aromatic carbocycles. The molecule has 1 unspecified atom stereocenters. The molecule has 0 radical (unpaired) electrons. The summed E-state index contributed by atoms with van der Waals surface area (Å²) in [6, 6.07) is 19.7. The fourth-order valence-electron chi connectivity index (χ4n) is 2.60. The van der Waals surface area contributed by atoms with Gasteiger partial charge in [0, 0.05) is 6.54 Å². The van der Waals surface area contributed by atoms with Gasteiger partial charge in [-0.3, -0.25) is 0 Å². The van der Waals surface area contributed by atoms with Gasteiger partial charge in [-0.15, -0.1) is 0 Å². The average molecular weight is 294 g/mol. The van der Waals surface area contributed by atoms with Crippen molar-refractivity contribution >= 4 is 5.97 Å². The third-order valence-corrected chi connectivity index (χ3v) is 3.77. The second-order valence-corrected chi connectivity index (χ2v) is 5.23. The van der Waals surface area contributed by atoms with Gasteiger partial charge in [0.15, 0.2) is 0 Å². The maximum atomic E-state index is 12.0. The molecule has 112 valence electrons. The van der Waals surface area contributed by atoms with Crippen LogP contribution in [-0.2, 0) is 16.1 Å². The Hall–Kier alpha value is -2.75. The second kappa shape index (κ2) is 6.35. The highest BCUT2D eigenvalue weighted by Crippen LogP contribution is 2.31. The van der Waals surface area contributed by atoms with Gasteiger partial charge in [-0.1, -0.05) is 60.7 Å². The molecule has 4 nitrogen and oxygen atoms in total. The smallest absolute Gasteiger partial charge is 0.338 e. The largest absolute Gasteiger partial charge is 0.461 e. The predicted octanol–water partition coefficient (Wildman–Crippen LogP) is 2.29. The van der Waals surface area contributed by atoms with E-state index >= 15 is 0 Å². The van der Waals surface area contributed by atoms with Crippen LogP contribution in [0.4, 0.5) is 0 Å². The van der Waals surface area contributed by atoms with Gasteiger partial charge < -0.3 is 15.8 Å². The molecule has 4 heteroatoms. The monoisotopic (exact) mass is 294 g/mol. The topological polar surface area (TPSA) is 64.3 Å². The zero-order valence-electron chi connectivity index (χ0n) is 12.2. The Morgan fingerprint density at radius 2 is 1.73 bits per heavy atom. The molecule has 0 saturated carbocycles. The summed E-state index contributed by atoms with van der Waals surface area (Å²) < 4.78 is 5.19. The van der Waals surface area contributed by atoms with E-state index in [4.69, 9.17) is 10.5 Å². The maximum absolute atomic E-state index is 12.0. The number of nitrogens with one attached hydrogen (secondary N) is 1. The molecular weight excluding hydrogens is 276 g/mol. The van der Waals surface area contributed by atoms with Crippen molar-refractivity contribution in [3.05, 3.63) is 83.2 Å². The molecule has 2 aromatic rings. The van der Waals surface area contributed by atoms with Crippen LogP contribution in [0.5, 0.6) is 0 Å². The van der Waals surface area contributed by atoms with Gasteiger partial charge >= 0.3 is 5.97 Å². The summed E-state index contributed by atoms with van der Waals surface area (Å²) in [7, 11) is 0. The zero-order chi connectivity index (χ0) is 15.4. The lowest BCUT2D eigenvalue weighted by Crippen LogP contribution is -2.24. The molecule has 0 spiro atoms. The van der Waals surface area contributed by atoms with Crippen LogP contribution < -0.4 is 11.1 Å². The molecule has 3 rings (SSSR count). The second-order valence-electron chi connectivity index (χ2n) is 5.23. The Bertz CT molecular complexity index is 681. The first kappa shape index (κ1) is 14.2. The third kappa shape index (κ3) is 2.96. The standard InChI is InChI=1S/C18H18N2O2/c19-17(20-11-13-7-3-1-4-8-13)16-15(12-22-18(16)21)14-9-5-2-6-10-14/h1-10,15,20H,11-12,19H2/b17-16-. The lowest BCUT2D eigenvalue weighted by molar-refractivity contribution is -0.135. The predicted molar refractivity (Wildman–Crippen MR) is 84.6 cm³/mol. The van der Waals surface area contributed by atoms with Gasteiger partial charge in [0.1, 0.15) is 12.4 Å². The van der Waals surface area contributed by atoms with Crippen LogP contribution in [0.2, 0.25) is 0 Å². The van der Waals surface area contributed by atoms with E-state index in [0.717, 1.165) is 11.1 Å². The Kier molecular flexibility index (Phi) is 4.10. The zero-order valence-corrected chi connectivity index (χ0v) is 12.2. The first-order chi connectivity index (χ1) is 10.8. The molecular formula is C18H18N2O2. The third-order valence-electron chi connectivity index (χ3n) is 3.77. The fourth-order valence-corrected chi connectivity index (χ4v) is 2.60. The summed E-state index contributed by atoms with van der Waals surface area (Å²) >= 11 is 0. The van der Waals surface area contributed by atoms with E-state index in [1.807, 2.05) is 60.7 Å². The number of ether oxygens (including phenoxy) is 1. The summed E-state index contributed by atoms with van der Waals surface area (Å²) in [4.78, 5) is 12.0. The van der Waals surface area contributed by atoms with E-state index < -0.39 is 0 Å².